The lowest BCUT2D eigenvalue weighted by molar-refractivity contribution is 0.202. The first-order chi connectivity index (χ1) is 16.4. The summed E-state index contributed by atoms with van der Waals surface area (Å²) < 4.78 is 61.2. The van der Waals surface area contributed by atoms with E-state index in [0.717, 1.165) is 24.1 Å². The Kier molecular flexibility index (Phi) is 7.30. The molecule has 1 nitrogen and oxygen atoms in total. The van der Waals surface area contributed by atoms with Crippen LogP contribution >= 0.6 is 0 Å². The summed E-state index contributed by atoms with van der Waals surface area (Å²) in [6, 6.07) is 17.6. The van der Waals surface area contributed by atoms with E-state index in [0.29, 0.717) is 41.3 Å². The van der Waals surface area contributed by atoms with E-state index < -0.39 is 23.3 Å². The Balaban J connectivity index is 1.47. The number of hydrogen-bond acceptors (Lipinski definition) is 1. The molecule has 0 unspecified atom stereocenters. The fourth-order valence-corrected chi connectivity index (χ4v) is 3.73. The highest BCUT2D eigenvalue weighted by molar-refractivity contribution is 5.84. The van der Waals surface area contributed by atoms with Crippen molar-refractivity contribution in [1.29, 1.82) is 0 Å². The summed E-state index contributed by atoms with van der Waals surface area (Å²) in [7, 11) is 1.67. The van der Waals surface area contributed by atoms with Crippen molar-refractivity contribution in [3.63, 3.8) is 0 Å². The third kappa shape index (κ3) is 5.65. The molecular formula is C29H22F4O. The van der Waals surface area contributed by atoms with Crippen LogP contribution < -0.4 is 0 Å². The molecule has 0 spiro atoms. The number of fused-ring (bicyclic) bond motifs is 1. The van der Waals surface area contributed by atoms with Crippen molar-refractivity contribution < 1.29 is 22.3 Å². The molecule has 0 aliphatic rings. The number of methoxy groups -OCH3 is 1. The zero-order valence-corrected chi connectivity index (χ0v) is 18.6. The number of aryl methyl sites for hydroxylation is 2. The van der Waals surface area contributed by atoms with Crippen LogP contribution in [0.2, 0.25) is 0 Å². The van der Waals surface area contributed by atoms with Gasteiger partial charge in [-0.3, -0.25) is 0 Å². The molecule has 0 aliphatic heterocycles. The monoisotopic (exact) mass is 462 g/mol. The largest absolute Gasteiger partial charge is 0.384 e. The molecule has 0 amide bonds. The first-order valence-electron chi connectivity index (χ1n) is 10.9. The van der Waals surface area contributed by atoms with Crippen LogP contribution in [0, 0.1) is 35.1 Å². The predicted molar refractivity (Wildman–Crippen MR) is 126 cm³/mol. The Labute approximate surface area is 196 Å². The summed E-state index contributed by atoms with van der Waals surface area (Å²) in [6.45, 7) is 0.659. The van der Waals surface area contributed by atoms with Crippen LogP contribution in [0.1, 0.15) is 27.8 Å². The van der Waals surface area contributed by atoms with Gasteiger partial charge in [0.15, 0.2) is 11.6 Å². The quantitative estimate of drug-likeness (QED) is 0.227. The highest BCUT2D eigenvalue weighted by atomic mass is 19.2. The first kappa shape index (κ1) is 23.5. The maximum Gasteiger partial charge on any atom is 0.159 e. The van der Waals surface area contributed by atoms with Crippen LogP contribution in [-0.2, 0) is 24.0 Å². The second kappa shape index (κ2) is 10.5. The minimum atomic E-state index is -0.965. The van der Waals surface area contributed by atoms with E-state index in [-0.39, 0.29) is 5.56 Å². The smallest absolute Gasteiger partial charge is 0.159 e. The molecule has 0 fully saturated rings. The SMILES string of the molecule is COCCc1ccc(CCc2cc(F)c(C#Cc3ccc4cc(F)c(F)cc4c3)c(F)c2)cc1. The molecule has 0 aliphatic carbocycles. The van der Waals surface area contributed by atoms with Gasteiger partial charge in [0.1, 0.15) is 11.6 Å². The van der Waals surface area contributed by atoms with Gasteiger partial charge in [-0.1, -0.05) is 42.2 Å². The fraction of sp³-hybridized carbons (Fsp3) is 0.172. The minimum Gasteiger partial charge on any atom is -0.384 e. The molecule has 0 radical (unpaired) electrons. The highest BCUT2D eigenvalue weighted by Crippen LogP contribution is 2.21. The van der Waals surface area contributed by atoms with Crippen molar-refractivity contribution in [2.45, 2.75) is 19.3 Å². The molecule has 4 rings (SSSR count). The van der Waals surface area contributed by atoms with E-state index in [9.17, 15) is 17.6 Å². The van der Waals surface area contributed by atoms with Crippen molar-refractivity contribution in [3.8, 4) is 11.8 Å². The Morgan fingerprint density at radius 1 is 0.588 bits per heavy atom. The second-order valence-corrected chi connectivity index (χ2v) is 8.07. The van der Waals surface area contributed by atoms with Crippen molar-refractivity contribution in [2.75, 3.05) is 13.7 Å². The summed E-state index contributed by atoms with van der Waals surface area (Å²) in [4.78, 5) is 0. The molecule has 0 aromatic heterocycles. The van der Waals surface area contributed by atoms with Gasteiger partial charge in [-0.15, -0.1) is 0 Å². The molecule has 4 aromatic carbocycles. The summed E-state index contributed by atoms with van der Waals surface area (Å²) in [5.74, 6) is 1.88. The first-order valence-corrected chi connectivity index (χ1v) is 10.9. The molecule has 0 bridgehead atoms. The van der Waals surface area contributed by atoms with Crippen LogP contribution in [0.5, 0.6) is 0 Å². The molecule has 0 atom stereocenters. The normalized spacial score (nSPS) is 10.9. The lowest BCUT2D eigenvalue weighted by Gasteiger charge is -2.06. The van der Waals surface area contributed by atoms with Gasteiger partial charge in [-0.25, -0.2) is 17.6 Å². The predicted octanol–water partition coefficient (Wildman–Crippen LogP) is 6.77. The third-order valence-corrected chi connectivity index (χ3v) is 5.63. The number of hydrogen-bond donors (Lipinski definition) is 0. The maximum absolute atomic E-state index is 14.6. The van der Waals surface area contributed by atoms with E-state index in [1.54, 1.807) is 25.3 Å². The van der Waals surface area contributed by atoms with Gasteiger partial charge in [0.05, 0.1) is 12.2 Å². The summed E-state index contributed by atoms with van der Waals surface area (Å²) in [5, 5.41) is 0.963. The Morgan fingerprint density at radius 3 is 1.82 bits per heavy atom. The lowest BCUT2D eigenvalue weighted by atomic mass is 10.0. The summed E-state index contributed by atoms with van der Waals surface area (Å²) >= 11 is 0. The van der Waals surface area contributed by atoms with Crippen LogP contribution in [0.25, 0.3) is 10.8 Å². The van der Waals surface area contributed by atoms with E-state index in [4.69, 9.17) is 4.74 Å². The lowest BCUT2D eigenvalue weighted by Crippen LogP contribution is -1.98. The number of benzene rings is 4. The van der Waals surface area contributed by atoms with E-state index in [1.807, 2.05) is 24.3 Å². The topological polar surface area (TPSA) is 9.23 Å². The van der Waals surface area contributed by atoms with Gasteiger partial charge >= 0.3 is 0 Å². The number of ether oxygens (including phenoxy) is 1. The minimum absolute atomic E-state index is 0.323. The van der Waals surface area contributed by atoms with Crippen molar-refractivity contribution in [1.82, 2.24) is 0 Å². The van der Waals surface area contributed by atoms with Gasteiger partial charge in [-0.05, 0) is 83.1 Å². The van der Waals surface area contributed by atoms with E-state index >= 15 is 0 Å². The van der Waals surface area contributed by atoms with Gasteiger partial charge in [0, 0.05) is 12.7 Å². The molecule has 5 heteroatoms. The Bertz CT molecular complexity index is 1360. The van der Waals surface area contributed by atoms with Crippen molar-refractivity contribution >= 4 is 10.8 Å². The molecule has 34 heavy (non-hydrogen) atoms. The van der Waals surface area contributed by atoms with Crippen LogP contribution in [0.4, 0.5) is 17.6 Å². The molecule has 0 saturated carbocycles. The van der Waals surface area contributed by atoms with Gasteiger partial charge < -0.3 is 4.74 Å². The molecular weight excluding hydrogens is 440 g/mol. The Morgan fingerprint density at radius 2 is 1.18 bits per heavy atom. The third-order valence-electron chi connectivity index (χ3n) is 5.63. The average molecular weight is 462 g/mol. The van der Waals surface area contributed by atoms with E-state index in [1.165, 1.54) is 17.7 Å². The zero-order valence-electron chi connectivity index (χ0n) is 18.6. The molecule has 172 valence electrons. The summed E-state index contributed by atoms with van der Waals surface area (Å²) in [5.41, 5.74) is 2.92. The standard InChI is InChI=1S/C29H22F4O/c1-34-13-12-20-4-2-19(3-5-20)6-7-22-15-26(30)25(27(31)16-22)11-9-21-8-10-23-17-28(32)29(33)18-24(23)14-21/h2-5,8,10,14-18H,6-7,12-13H2,1H3. The number of halogens is 4. The molecule has 0 saturated heterocycles. The van der Waals surface area contributed by atoms with Crippen LogP contribution in [0.3, 0.4) is 0 Å². The van der Waals surface area contributed by atoms with Gasteiger partial charge in [-0.2, -0.15) is 0 Å². The van der Waals surface area contributed by atoms with E-state index in [2.05, 4.69) is 11.8 Å². The summed E-state index contributed by atoms with van der Waals surface area (Å²) in [6.07, 6.45) is 1.98. The Hall–Kier alpha value is -3.62. The van der Waals surface area contributed by atoms with Gasteiger partial charge in [0.2, 0.25) is 0 Å². The molecule has 0 N–H and O–H groups in total. The maximum atomic E-state index is 14.6. The average Bonchev–Trinajstić information content (AvgIpc) is 2.82. The van der Waals surface area contributed by atoms with Crippen LogP contribution in [0.15, 0.2) is 66.7 Å². The zero-order chi connectivity index (χ0) is 24.1. The fourth-order valence-electron chi connectivity index (χ4n) is 3.73. The highest BCUT2D eigenvalue weighted by Gasteiger charge is 2.10. The van der Waals surface area contributed by atoms with Crippen molar-refractivity contribution in [2.24, 2.45) is 0 Å². The molecule has 4 aromatic rings. The molecule has 0 heterocycles. The van der Waals surface area contributed by atoms with Crippen LogP contribution in [-0.4, -0.2) is 13.7 Å². The van der Waals surface area contributed by atoms with Gasteiger partial charge in [0.25, 0.3) is 0 Å². The second-order valence-electron chi connectivity index (χ2n) is 8.07. The number of rotatable bonds is 6. The van der Waals surface area contributed by atoms with Crippen molar-refractivity contribution in [3.05, 3.63) is 118 Å².